The Morgan fingerprint density at radius 1 is 1.36 bits per heavy atom. The molecule has 3 rings (SSSR count). The number of carbonyl (C=O) groups excluding carboxylic acids is 1. The van der Waals surface area contributed by atoms with E-state index in [1.165, 1.54) is 5.56 Å². The van der Waals surface area contributed by atoms with Crippen molar-refractivity contribution in [3.63, 3.8) is 0 Å². The first kappa shape index (κ1) is 14.8. The zero-order valence-electron chi connectivity index (χ0n) is 12.5. The second kappa shape index (κ2) is 6.75. The number of rotatable bonds is 6. The van der Waals surface area contributed by atoms with Crippen molar-refractivity contribution in [2.24, 2.45) is 0 Å². The number of hydrogen-bond acceptors (Lipinski definition) is 3. The number of amides is 1. The molecule has 1 aromatic carbocycles. The van der Waals surface area contributed by atoms with Crippen LogP contribution < -0.4 is 5.32 Å². The van der Waals surface area contributed by atoms with Crippen LogP contribution in [0.1, 0.15) is 24.6 Å². The molecule has 22 heavy (non-hydrogen) atoms. The van der Waals surface area contributed by atoms with Crippen LogP contribution in [0.15, 0.2) is 48.1 Å². The third-order valence-corrected chi connectivity index (χ3v) is 4.37. The number of aryl methyl sites for hydroxylation is 1. The van der Waals surface area contributed by atoms with E-state index < -0.39 is 0 Å². The summed E-state index contributed by atoms with van der Waals surface area (Å²) in [4.78, 5) is 17.4. The predicted molar refractivity (Wildman–Crippen MR) is 89.1 cm³/mol. The fourth-order valence-corrected chi connectivity index (χ4v) is 3.17. The van der Waals surface area contributed by atoms with Crippen LogP contribution >= 0.6 is 11.3 Å². The lowest BCUT2D eigenvalue weighted by Crippen LogP contribution is -2.34. The quantitative estimate of drug-likeness (QED) is 0.760. The first-order valence-electron chi connectivity index (χ1n) is 7.45. The number of thiazole rings is 1. The van der Waals surface area contributed by atoms with Crippen LogP contribution in [-0.4, -0.2) is 21.3 Å². The molecule has 1 N–H and O–H groups in total. The summed E-state index contributed by atoms with van der Waals surface area (Å²) in [6.07, 6.45) is 6.12. The molecule has 1 atom stereocenters. The van der Waals surface area contributed by atoms with Crippen molar-refractivity contribution in [2.75, 3.05) is 0 Å². The van der Waals surface area contributed by atoms with E-state index in [1.54, 1.807) is 11.3 Å². The fraction of sp³-hybridized carbons (Fsp3) is 0.294. The van der Waals surface area contributed by atoms with Gasteiger partial charge in [0, 0.05) is 23.8 Å². The largest absolute Gasteiger partial charge is 0.353 e. The number of hydrogen-bond donors (Lipinski definition) is 1. The summed E-state index contributed by atoms with van der Waals surface area (Å²) < 4.78 is 1.95. The van der Waals surface area contributed by atoms with Crippen molar-refractivity contribution in [1.29, 1.82) is 0 Å². The van der Waals surface area contributed by atoms with Gasteiger partial charge in [0.25, 0.3) is 0 Å². The number of imidazole rings is 1. The molecular formula is C17H19N3OS. The van der Waals surface area contributed by atoms with Gasteiger partial charge in [-0.05, 0) is 25.3 Å². The predicted octanol–water partition coefficient (Wildman–Crippen LogP) is 3.08. The Bertz CT molecular complexity index is 719. The molecule has 2 aromatic heterocycles. The molecule has 5 heteroatoms. The monoisotopic (exact) mass is 313 g/mol. The number of fused-ring (bicyclic) bond motifs is 1. The second-order valence-corrected chi connectivity index (χ2v) is 6.37. The molecule has 114 valence electrons. The molecule has 2 heterocycles. The molecule has 0 saturated heterocycles. The van der Waals surface area contributed by atoms with Gasteiger partial charge in [-0.2, -0.15) is 0 Å². The Morgan fingerprint density at radius 2 is 2.18 bits per heavy atom. The van der Waals surface area contributed by atoms with Crippen LogP contribution in [0.25, 0.3) is 4.96 Å². The lowest BCUT2D eigenvalue weighted by atomic mass is 10.1. The molecule has 0 fully saturated rings. The highest BCUT2D eigenvalue weighted by Crippen LogP contribution is 2.12. The van der Waals surface area contributed by atoms with Gasteiger partial charge < -0.3 is 5.32 Å². The van der Waals surface area contributed by atoms with Crippen LogP contribution in [0.5, 0.6) is 0 Å². The molecule has 0 saturated carbocycles. The lowest BCUT2D eigenvalue weighted by molar-refractivity contribution is -0.121. The van der Waals surface area contributed by atoms with Crippen molar-refractivity contribution >= 4 is 22.2 Å². The molecule has 4 nitrogen and oxygen atoms in total. The van der Waals surface area contributed by atoms with Crippen LogP contribution in [0.2, 0.25) is 0 Å². The van der Waals surface area contributed by atoms with Gasteiger partial charge in [0.2, 0.25) is 5.91 Å². The Balaban J connectivity index is 1.47. The zero-order chi connectivity index (χ0) is 15.4. The van der Waals surface area contributed by atoms with E-state index in [1.807, 2.05) is 47.3 Å². The highest BCUT2D eigenvalue weighted by atomic mass is 32.1. The smallest absolute Gasteiger partial charge is 0.226 e. The van der Waals surface area contributed by atoms with Gasteiger partial charge in [-0.15, -0.1) is 11.3 Å². The van der Waals surface area contributed by atoms with E-state index in [4.69, 9.17) is 0 Å². The molecule has 0 aliphatic heterocycles. The Kier molecular flexibility index (Phi) is 4.53. The number of benzene rings is 1. The van der Waals surface area contributed by atoms with Gasteiger partial charge >= 0.3 is 0 Å². The average Bonchev–Trinajstić information content (AvgIpc) is 3.07. The third-order valence-electron chi connectivity index (χ3n) is 3.60. The maximum absolute atomic E-state index is 12.1. The number of carbonyl (C=O) groups is 1. The van der Waals surface area contributed by atoms with Crippen molar-refractivity contribution in [3.8, 4) is 0 Å². The SMILES string of the molecule is CC(CCc1ccccc1)NC(=O)Cc1cn2ccsc2n1. The van der Waals surface area contributed by atoms with Gasteiger partial charge in [-0.3, -0.25) is 9.20 Å². The number of nitrogens with one attached hydrogen (secondary N) is 1. The lowest BCUT2D eigenvalue weighted by Gasteiger charge is -2.13. The molecular weight excluding hydrogens is 294 g/mol. The van der Waals surface area contributed by atoms with Crippen LogP contribution in [0.3, 0.4) is 0 Å². The first-order valence-corrected chi connectivity index (χ1v) is 8.33. The summed E-state index contributed by atoms with van der Waals surface area (Å²) in [6.45, 7) is 2.05. The summed E-state index contributed by atoms with van der Waals surface area (Å²) in [6, 6.07) is 10.5. The van der Waals surface area contributed by atoms with Gasteiger partial charge in [-0.1, -0.05) is 30.3 Å². The van der Waals surface area contributed by atoms with E-state index in [9.17, 15) is 4.79 Å². The van der Waals surface area contributed by atoms with Crippen molar-refractivity contribution in [3.05, 3.63) is 59.4 Å². The summed E-state index contributed by atoms with van der Waals surface area (Å²) >= 11 is 1.58. The van der Waals surface area contributed by atoms with Crippen molar-refractivity contribution in [2.45, 2.75) is 32.2 Å². The van der Waals surface area contributed by atoms with Crippen molar-refractivity contribution in [1.82, 2.24) is 14.7 Å². The maximum Gasteiger partial charge on any atom is 0.226 e. The molecule has 1 amide bonds. The summed E-state index contributed by atoms with van der Waals surface area (Å²) in [5, 5.41) is 5.03. The van der Waals surface area contributed by atoms with Gasteiger partial charge in [0.05, 0.1) is 12.1 Å². The van der Waals surface area contributed by atoms with E-state index in [0.29, 0.717) is 6.42 Å². The first-order chi connectivity index (χ1) is 10.7. The third kappa shape index (κ3) is 3.74. The highest BCUT2D eigenvalue weighted by molar-refractivity contribution is 7.15. The minimum Gasteiger partial charge on any atom is -0.353 e. The Hall–Kier alpha value is -2.14. The Morgan fingerprint density at radius 3 is 2.95 bits per heavy atom. The number of nitrogens with zero attached hydrogens (tertiary/aromatic N) is 2. The molecule has 0 aliphatic rings. The summed E-state index contributed by atoms with van der Waals surface area (Å²) in [5.74, 6) is 0.0336. The number of aromatic nitrogens is 2. The normalized spacial score (nSPS) is 12.4. The highest BCUT2D eigenvalue weighted by Gasteiger charge is 2.11. The molecule has 0 aliphatic carbocycles. The van der Waals surface area contributed by atoms with E-state index in [2.05, 4.69) is 22.4 Å². The second-order valence-electron chi connectivity index (χ2n) is 5.49. The Labute approximate surface area is 133 Å². The van der Waals surface area contributed by atoms with Crippen LogP contribution in [-0.2, 0) is 17.6 Å². The maximum atomic E-state index is 12.1. The van der Waals surface area contributed by atoms with Crippen LogP contribution in [0, 0.1) is 0 Å². The van der Waals surface area contributed by atoms with Crippen molar-refractivity contribution < 1.29 is 4.79 Å². The fourth-order valence-electron chi connectivity index (χ4n) is 2.45. The van der Waals surface area contributed by atoms with Gasteiger partial charge in [0.15, 0.2) is 4.96 Å². The molecule has 1 unspecified atom stereocenters. The topological polar surface area (TPSA) is 46.4 Å². The molecule has 0 radical (unpaired) electrons. The minimum atomic E-state index is 0.0336. The molecule has 0 bridgehead atoms. The standard InChI is InChI=1S/C17H19N3OS/c1-13(7-8-14-5-3-2-4-6-14)18-16(21)11-15-12-20-9-10-22-17(20)19-15/h2-6,9-10,12-13H,7-8,11H2,1H3,(H,18,21). The van der Waals surface area contributed by atoms with E-state index in [0.717, 1.165) is 23.5 Å². The molecule has 3 aromatic rings. The zero-order valence-corrected chi connectivity index (χ0v) is 13.3. The summed E-state index contributed by atoms with van der Waals surface area (Å²) in [5.41, 5.74) is 2.12. The summed E-state index contributed by atoms with van der Waals surface area (Å²) in [7, 11) is 0. The molecule has 0 spiro atoms. The van der Waals surface area contributed by atoms with Gasteiger partial charge in [-0.25, -0.2) is 4.98 Å². The van der Waals surface area contributed by atoms with E-state index >= 15 is 0 Å². The van der Waals surface area contributed by atoms with Crippen LogP contribution in [0.4, 0.5) is 0 Å². The van der Waals surface area contributed by atoms with E-state index in [-0.39, 0.29) is 11.9 Å². The van der Waals surface area contributed by atoms with Gasteiger partial charge in [0.1, 0.15) is 0 Å². The average molecular weight is 313 g/mol. The minimum absolute atomic E-state index is 0.0336.